The van der Waals surface area contributed by atoms with Crippen LogP contribution in [0, 0.1) is 0 Å². The Hall–Kier alpha value is -1.13. The van der Waals surface area contributed by atoms with E-state index in [0.29, 0.717) is 5.69 Å². The summed E-state index contributed by atoms with van der Waals surface area (Å²) in [7, 11) is 0. The number of aliphatic hydroxyl groups is 1. The summed E-state index contributed by atoms with van der Waals surface area (Å²) in [6.07, 6.45) is 4.84. The topological polar surface area (TPSA) is 71.2 Å². The number of nitrogens with zero attached hydrogens (tertiary/aromatic N) is 1. The predicted molar refractivity (Wildman–Crippen MR) is 54.6 cm³/mol. The number of aromatic nitrogens is 1. The van der Waals surface area contributed by atoms with Crippen molar-refractivity contribution in [2.75, 3.05) is 12.3 Å². The highest BCUT2D eigenvalue weighted by molar-refractivity contribution is 5.46. The van der Waals surface area contributed by atoms with E-state index < -0.39 is 6.10 Å². The number of anilines is 1. The van der Waals surface area contributed by atoms with Crippen LogP contribution in [0.15, 0.2) is 18.5 Å². The number of hydrogen-bond donors (Lipinski definition) is 3. The molecule has 14 heavy (non-hydrogen) atoms. The molecular formula is C10H15N3O. The first-order valence-electron chi connectivity index (χ1n) is 4.90. The first-order valence-corrected chi connectivity index (χ1v) is 4.90. The van der Waals surface area contributed by atoms with Gasteiger partial charge in [-0.1, -0.05) is 0 Å². The van der Waals surface area contributed by atoms with E-state index in [4.69, 9.17) is 5.73 Å². The average molecular weight is 193 g/mol. The van der Waals surface area contributed by atoms with E-state index in [9.17, 15) is 5.11 Å². The normalized spacial score (nSPS) is 23.6. The van der Waals surface area contributed by atoms with Gasteiger partial charge in [0, 0.05) is 29.7 Å². The van der Waals surface area contributed by atoms with Crippen LogP contribution in [0.3, 0.4) is 0 Å². The molecule has 2 atom stereocenters. The SMILES string of the molecule is Nc1ccncc1C(O)[C@H]1CCCN1. The van der Waals surface area contributed by atoms with Gasteiger partial charge in [-0.15, -0.1) is 0 Å². The summed E-state index contributed by atoms with van der Waals surface area (Å²) < 4.78 is 0. The highest BCUT2D eigenvalue weighted by Gasteiger charge is 2.25. The molecule has 4 nitrogen and oxygen atoms in total. The number of nitrogen functional groups attached to an aromatic ring is 1. The molecule has 0 bridgehead atoms. The van der Waals surface area contributed by atoms with E-state index in [2.05, 4.69) is 10.3 Å². The fraction of sp³-hybridized carbons (Fsp3) is 0.500. The molecule has 76 valence electrons. The number of rotatable bonds is 2. The average Bonchev–Trinajstić information content (AvgIpc) is 2.70. The van der Waals surface area contributed by atoms with Crippen molar-refractivity contribution in [2.45, 2.75) is 25.0 Å². The van der Waals surface area contributed by atoms with Crippen molar-refractivity contribution in [3.8, 4) is 0 Å². The van der Waals surface area contributed by atoms with Gasteiger partial charge in [0.25, 0.3) is 0 Å². The highest BCUT2D eigenvalue weighted by atomic mass is 16.3. The van der Waals surface area contributed by atoms with Crippen LogP contribution in [0.2, 0.25) is 0 Å². The Labute approximate surface area is 83.2 Å². The van der Waals surface area contributed by atoms with E-state index in [0.717, 1.165) is 24.9 Å². The molecule has 1 aliphatic heterocycles. The molecule has 1 aromatic rings. The Bertz CT molecular complexity index is 310. The lowest BCUT2D eigenvalue weighted by Crippen LogP contribution is -2.29. The van der Waals surface area contributed by atoms with Gasteiger partial charge in [0.15, 0.2) is 0 Å². The van der Waals surface area contributed by atoms with Crippen LogP contribution in [0.4, 0.5) is 5.69 Å². The van der Waals surface area contributed by atoms with Crippen molar-refractivity contribution in [3.63, 3.8) is 0 Å². The van der Waals surface area contributed by atoms with Gasteiger partial charge in [-0.2, -0.15) is 0 Å². The van der Waals surface area contributed by atoms with Gasteiger partial charge >= 0.3 is 0 Å². The number of hydrogen-bond acceptors (Lipinski definition) is 4. The van der Waals surface area contributed by atoms with Gasteiger partial charge in [0.05, 0.1) is 6.10 Å². The minimum absolute atomic E-state index is 0.126. The zero-order valence-corrected chi connectivity index (χ0v) is 7.98. The van der Waals surface area contributed by atoms with Crippen molar-refractivity contribution in [2.24, 2.45) is 0 Å². The summed E-state index contributed by atoms with van der Waals surface area (Å²) in [6.45, 7) is 0.974. The quantitative estimate of drug-likeness (QED) is 0.637. The molecule has 1 saturated heterocycles. The van der Waals surface area contributed by atoms with Crippen molar-refractivity contribution in [1.29, 1.82) is 0 Å². The third-order valence-electron chi connectivity index (χ3n) is 2.69. The smallest absolute Gasteiger partial charge is 0.0977 e. The van der Waals surface area contributed by atoms with E-state index in [-0.39, 0.29) is 6.04 Å². The van der Waals surface area contributed by atoms with Gasteiger partial charge in [-0.3, -0.25) is 4.98 Å². The third kappa shape index (κ3) is 1.71. The summed E-state index contributed by atoms with van der Waals surface area (Å²) in [6, 6.07) is 1.84. The van der Waals surface area contributed by atoms with Gasteiger partial charge in [0.1, 0.15) is 0 Å². The van der Waals surface area contributed by atoms with Crippen molar-refractivity contribution in [3.05, 3.63) is 24.0 Å². The second kappa shape index (κ2) is 3.94. The molecule has 0 aliphatic carbocycles. The molecule has 1 aliphatic rings. The molecule has 2 heterocycles. The van der Waals surface area contributed by atoms with Crippen LogP contribution in [-0.2, 0) is 0 Å². The summed E-state index contributed by atoms with van der Waals surface area (Å²) in [4.78, 5) is 3.97. The second-order valence-corrected chi connectivity index (χ2v) is 3.65. The maximum atomic E-state index is 10.0. The molecule has 4 N–H and O–H groups in total. The number of aliphatic hydroxyl groups excluding tert-OH is 1. The fourth-order valence-corrected chi connectivity index (χ4v) is 1.86. The van der Waals surface area contributed by atoms with Crippen LogP contribution < -0.4 is 11.1 Å². The molecule has 1 aromatic heterocycles. The van der Waals surface area contributed by atoms with Crippen LogP contribution in [0.1, 0.15) is 24.5 Å². The maximum Gasteiger partial charge on any atom is 0.0977 e. The van der Waals surface area contributed by atoms with Crippen molar-refractivity contribution < 1.29 is 5.11 Å². The van der Waals surface area contributed by atoms with Crippen molar-refractivity contribution in [1.82, 2.24) is 10.3 Å². The van der Waals surface area contributed by atoms with Gasteiger partial charge in [0.2, 0.25) is 0 Å². The second-order valence-electron chi connectivity index (χ2n) is 3.65. The standard InChI is InChI=1S/C10H15N3O/c11-8-3-5-12-6-7(8)10(14)9-2-1-4-13-9/h3,5-6,9-10,13-14H,1-2,4H2,(H2,11,12)/t9-,10?/m1/s1. The predicted octanol–water partition coefficient (Wildman–Crippen LogP) is 0.449. The molecule has 1 fully saturated rings. The van der Waals surface area contributed by atoms with E-state index in [1.165, 1.54) is 0 Å². The van der Waals surface area contributed by atoms with Crippen LogP contribution in [0.25, 0.3) is 0 Å². The first kappa shape index (κ1) is 9.43. The number of nitrogens with two attached hydrogens (primary N) is 1. The molecular weight excluding hydrogens is 178 g/mol. The Morgan fingerprint density at radius 1 is 1.64 bits per heavy atom. The molecule has 0 spiro atoms. The fourth-order valence-electron chi connectivity index (χ4n) is 1.86. The molecule has 0 saturated carbocycles. The summed E-state index contributed by atoms with van der Waals surface area (Å²) >= 11 is 0. The summed E-state index contributed by atoms with van der Waals surface area (Å²) in [5, 5.41) is 13.3. The minimum atomic E-state index is -0.536. The lowest BCUT2D eigenvalue weighted by Gasteiger charge is -2.19. The molecule has 0 aromatic carbocycles. The lowest BCUT2D eigenvalue weighted by atomic mass is 10.0. The van der Waals surface area contributed by atoms with E-state index >= 15 is 0 Å². The minimum Gasteiger partial charge on any atom is -0.398 e. The third-order valence-corrected chi connectivity index (χ3v) is 2.69. The zero-order chi connectivity index (χ0) is 9.97. The lowest BCUT2D eigenvalue weighted by molar-refractivity contribution is 0.138. The first-order chi connectivity index (χ1) is 6.79. The van der Waals surface area contributed by atoms with Gasteiger partial charge in [-0.25, -0.2) is 0 Å². The Morgan fingerprint density at radius 3 is 3.14 bits per heavy atom. The maximum absolute atomic E-state index is 10.0. The monoisotopic (exact) mass is 193 g/mol. The largest absolute Gasteiger partial charge is 0.398 e. The zero-order valence-electron chi connectivity index (χ0n) is 7.98. The molecule has 1 unspecified atom stereocenters. The Morgan fingerprint density at radius 2 is 2.50 bits per heavy atom. The molecule has 0 amide bonds. The van der Waals surface area contributed by atoms with E-state index in [1.807, 2.05) is 0 Å². The van der Waals surface area contributed by atoms with Crippen LogP contribution in [0.5, 0.6) is 0 Å². The molecule has 2 rings (SSSR count). The van der Waals surface area contributed by atoms with Gasteiger partial charge < -0.3 is 16.2 Å². The Balaban J connectivity index is 2.17. The number of nitrogens with one attached hydrogen (secondary N) is 1. The van der Waals surface area contributed by atoms with Gasteiger partial charge in [-0.05, 0) is 25.5 Å². The van der Waals surface area contributed by atoms with Crippen LogP contribution >= 0.6 is 0 Å². The van der Waals surface area contributed by atoms with E-state index in [1.54, 1.807) is 18.5 Å². The summed E-state index contributed by atoms with van der Waals surface area (Å²) in [5.74, 6) is 0. The molecule has 0 radical (unpaired) electrons. The van der Waals surface area contributed by atoms with Crippen molar-refractivity contribution >= 4 is 5.69 Å². The van der Waals surface area contributed by atoms with Crippen LogP contribution in [-0.4, -0.2) is 22.7 Å². The summed E-state index contributed by atoms with van der Waals surface area (Å²) in [5.41, 5.74) is 7.10. The highest BCUT2D eigenvalue weighted by Crippen LogP contribution is 2.25. The number of pyridine rings is 1. The molecule has 4 heteroatoms. The Kier molecular flexibility index (Phi) is 2.65.